The zero-order valence-corrected chi connectivity index (χ0v) is 18.5. The predicted octanol–water partition coefficient (Wildman–Crippen LogP) is 4.64. The number of ether oxygens (including phenoxy) is 1. The van der Waals surface area contributed by atoms with Gasteiger partial charge in [0.1, 0.15) is 11.6 Å². The Morgan fingerprint density at radius 1 is 1.06 bits per heavy atom. The number of benzene rings is 2. The van der Waals surface area contributed by atoms with Crippen molar-refractivity contribution in [2.24, 2.45) is 0 Å². The van der Waals surface area contributed by atoms with E-state index in [1.807, 2.05) is 54.6 Å². The number of anilines is 1. The first kappa shape index (κ1) is 20.6. The van der Waals surface area contributed by atoms with Crippen LogP contribution in [0.2, 0.25) is 0 Å². The number of carbonyl (C=O) groups excluding carboxylic acids is 1. The molecule has 0 spiro atoms. The summed E-state index contributed by atoms with van der Waals surface area (Å²) in [6.07, 6.45) is 2.07. The number of carbonyl (C=O) groups is 1. The lowest BCUT2D eigenvalue weighted by atomic mass is 9.76. The Morgan fingerprint density at radius 3 is 2.59 bits per heavy atom. The van der Waals surface area contributed by atoms with Gasteiger partial charge in [0.25, 0.3) is 5.56 Å². The van der Waals surface area contributed by atoms with Crippen LogP contribution in [0.25, 0.3) is 0 Å². The largest absolute Gasteiger partial charge is 0.497 e. The Labute approximate surface area is 190 Å². The second kappa shape index (κ2) is 8.67. The van der Waals surface area contributed by atoms with Crippen molar-refractivity contribution in [1.29, 1.82) is 0 Å². The van der Waals surface area contributed by atoms with Crippen molar-refractivity contribution in [3.8, 4) is 5.75 Å². The SMILES string of the molecule is COc1ccc(C2C3=C(CCCC3=O)Nc3nc(SCc4ccccc4)[nH]c(=O)c32)cc1. The summed E-state index contributed by atoms with van der Waals surface area (Å²) in [5.74, 6) is 1.62. The number of methoxy groups -OCH3 is 1. The smallest absolute Gasteiger partial charge is 0.257 e. The molecule has 7 heteroatoms. The minimum absolute atomic E-state index is 0.0900. The van der Waals surface area contributed by atoms with Crippen LogP contribution < -0.4 is 15.6 Å². The van der Waals surface area contributed by atoms with Gasteiger partial charge in [-0.25, -0.2) is 4.98 Å². The average molecular weight is 446 g/mol. The van der Waals surface area contributed by atoms with Gasteiger partial charge in [0.15, 0.2) is 10.9 Å². The molecule has 0 saturated carbocycles. The zero-order valence-electron chi connectivity index (χ0n) is 17.7. The van der Waals surface area contributed by atoms with E-state index in [-0.39, 0.29) is 11.3 Å². The lowest BCUT2D eigenvalue weighted by Gasteiger charge is -2.32. The maximum atomic E-state index is 13.3. The number of aromatic amines is 1. The minimum atomic E-state index is -0.440. The molecule has 6 nitrogen and oxygen atoms in total. The molecule has 0 saturated heterocycles. The van der Waals surface area contributed by atoms with Gasteiger partial charge in [-0.05, 0) is 36.1 Å². The number of hydrogen-bond acceptors (Lipinski definition) is 6. The highest BCUT2D eigenvalue weighted by Gasteiger charge is 2.37. The monoisotopic (exact) mass is 445 g/mol. The molecular formula is C25H23N3O3S. The van der Waals surface area contributed by atoms with E-state index in [4.69, 9.17) is 9.72 Å². The van der Waals surface area contributed by atoms with E-state index in [0.717, 1.165) is 35.4 Å². The van der Waals surface area contributed by atoms with Gasteiger partial charge in [-0.3, -0.25) is 9.59 Å². The van der Waals surface area contributed by atoms with E-state index in [1.54, 1.807) is 7.11 Å². The van der Waals surface area contributed by atoms with Gasteiger partial charge in [-0.1, -0.05) is 54.2 Å². The molecule has 2 aliphatic rings. The fourth-order valence-corrected chi connectivity index (χ4v) is 5.18. The number of aromatic nitrogens is 2. The molecule has 1 atom stereocenters. The molecule has 3 aromatic rings. The number of rotatable bonds is 5. The number of hydrogen-bond donors (Lipinski definition) is 2. The van der Waals surface area contributed by atoms with Crippen molar-refractivity contribution in [3.05, 3.63) is 92.9 Å². The summed E-state index contributed by atoms with van der Waals surface area (Å²) >= 11 is 1.49. The van der Waals surface area contributed by atoms with E-state index >= 15 is 0 Å². The van der Waals surface area contributed by atoms with E-state index in [0.29, 0.717) is 34.3 Å². The molecule has 1 aromatic heterocycles. The van der Waals surface area contributed by atoms with Crippen LogP contribution in [-0.4, -0.2) is 22.9 Å². The number of H-pyrrole nitrogens is 1. The molecule has 1 aliphatic carbocycles. The molecule has 1 unspecified atom stereocenters. The van der Waals surface area contributed by atoms with Crippen LogP contribution in [0.1, 0.15) is 41.9 Å². The molecule has 2 N–H and O–H groups in total. The molecule has 0 fully saturated rings. The number of ketones is 1. The summed E-state index contributed by atoms with van der Waals surface area (Å²) in [7, 11) is 1.61. The fraction of sp³-hybridized carbons (Fsp3) is 0.240. The maximum Gasteiger partial charge on any atom is 0.257 e. The summed E-state index contributed by atoms with van der Waals surface area (Å²) in [6.45, 7) is 0. The van der Waals surface area contributed by atoms with E-state index in [9.17, 15) is 9.59 Å². The van der Waals surface area contributed by atoms with Gasteiger partial charge in [0, 0.05) is 29.4 Å². The van der Waals surface area contributed by atoms with Crippen molar-refractivity contribution in [2.45, 2.75) is 36.1 Å². The van der Waals surface area contributed by atoms with Crippen LogP contribution in [0.15, 0.2) is 75.8 Å². The number of thioether (sulfide) groups is 1. The topological polar surface area (TPSA) is 84.1 Å². The molecule has 0 amide bonds. The van der Waals surface area contributed by atoms with Gasteiger partial charge in [0.05, 0.1) is 12.7 Å². The Balaban J connectivity index is 1.56. The van der Waals surface area contributed by atoms with Crippen LogP contribution in [0, 0.1) is 0 Å². The number of Topliss-reactive ketones (excluding diaryl/α,β-unsaturated/α-hetero) is 1. The second-order valence-electron chi connectivity index (χ2n) is 7.91. The van der Waals surface area contributed by atoms with Crippen LogP contribution in [0.5, 0.6) is 5.75 Å². The molecule has 2 heterocycles. The van der Waals surface area contributed by atoms with Crippen molar-refractivity contribution >= 4 is 23.4 Å². The molecule has 1 aliphatic heterocycles. The normalized spacial score (nSPS) is 17.4. The van der Waals surface area contributed by atoms with E-state index < -0.39 is 5.92 Å². The molecule has 32 heavy (non-hydrogen) atoms. The molecule has 162 valence electrons. The zero-order chi connectivity index (χ0) is 22.1. The molecule has 0 bridgehead atoms. The molecule has 2 aromatic carbocycles. The standard InChI is InChI=1S/C25H23N3O3S/c1-31-17-12-10-16(11-13-17)20-21-18(8-5-9-19(21)29)26-23-22(20)24(30)28-25(27-23)32-14-15-6-3-2-4-7-15/h2-4,6-7,10-13,20H,5,8-9,14H2,1H3,(H2,26,27,28,30). The average Bonchev–Trinajstić information content (AvgIpc) is 2.82. The third kappa shape index (κ3) is 3.84. The number of nitrogens with zero attached hydrogens (tertiary/aromatic N) is 1. The summed E-state index contributed by atoms with van der Waals surface area (Å²) < 4.78 is 5.28. The van der Waals surface area contributed by atoms with Gasteiger partial charge in [0.2, 0.25) is 0 Å². The Morgan fingerprint density at radius 2 is 1.84 bits per heavy atom. The van der Waals surface area contributed by atoms with Crippen molar-refractivity contribution in [3.63, 3.8) is 0 Å². The fourth-order valence-electron chi connectivity index (χ4n) is 4.36. The summed E-state index contributed by atoms with van der Waals surface area (Å²) in [4.78, 5) is 33.9. The van der Waals surface area contributed by atoms with Crippen LogP contribution >= 0.6 is 11.8 Å². The van der Waals surface area contributed by atoms with Crippen molar-refractivity contribution in [2.75, 3.05) is 12.4 Å². The van der Waals surface area contributed by atoms with Crippen LogP contribution in [0.3, 0.4) is 0 Å². The maximum absolute atomic E-state index is 13.3. The number of fused-ring (bicyclic) bond motifs is 1. The third-order valence-electron chi connectivity index (χ3n) is 5.90. The number of allylic oxidation sites excluding steroid dienone is 2. The highest BCUT2D eigenvalue weighted by Crippen LogP contribution is 2.43. The van der Waals surface area contributed by atoms with E-state index in [2.05, 4.69) is 10.3 Å². The first-order valence-corrected chi connectivity index (χ1v) is 11.6. The molecular weight excluding hydrogens is 422 g/mol. The Bertz CT molecular complexity index is 1250. The lowest BCUT2D eigenvalue weighted by Crippen LogP contribution is -2.32. The third-order valence-corrected chi connectivity index (χ3v) is 6.85. The second-order valence-corrected chi connectivity index (χ2v) is 8.87. The van der Waals surface area contributed by atoms with Crippen LogP contribution in [0.4, 0.5) is 5.82 Å². The van der Waals surface area contributed by atoms with Gasteiger partial charge in [-0.2, -0.15) is 0 Å². The number of nitrogens with one attached hydrogen (secondary N) is 2. The summed E-state index contributed by atoms with van der Waals surface area (Å²) in [5.41, 5.74) is 3.88. The van der Waals surface area contributed by atoms with Gasteiger partial charge < -0.3 is 15.0 Å². The lowest BCUT2D eigenvalue weighted by molar-refractivity contribution is -0.116. The molecule has 5 rings (SSSR count). The highest BCUT2D eigenvalue weighted by molar-refractivity contribution is 7.98. The highest BCUT2D eigenvalue weighted by atomic mass is 32.2. The van der Waals surface area contributed by atoms with Crippen molar-refractivity contribution in [1.82, 2.24) is 9.97 Å². The first-order chi connectivity index (χ1) is 15.6. The first-order valence-electron chi connectivity index (χ1n) is 10.6. The van der Waals surface area contributed by atoms with E-state index in [1.165, 1.54) is 11.8 Å². The minimum Gasteiger partial charge on any atom is -0.497 e. The summed E-state index contributed by atoms with van der Waals surface area (Å²) in [5, 5.41) is 3.88. The predicted molar refractivity (Wildman–Crippen MR) is 125 cm³/mol. The van der Waals surface area contributed by atoms with Gasteiger partial charge in [-0.15, -0.1) is 0 Å². The Kier molecular flexibility index (Phi) is 5.57. The van der Waals surface area contributed by atoms with Crippen molar-refractivity contribution < 1.29 is 9.53 Å². The van der Waals surface area contributed by atoms with Crippen LogP contribution in [-0.2, 0) is 10.5 Å². The quantitative estimate of drug-likeness (QED) is 0.440. The summed E-state index contributed by atoms with van der Waals surface area (Å²) in [6, 6.07) is 17.6. The Hall–Kier alpha value is -3.32. The van der Waals surface area contributed by atoms with Gasteiger partial charge >= 0.3 is 0 Å². The molecule has 0 radical (unpaired) electrons.